The Kier molecular flexibility index (Phi) is 6.48. The molecule has 0 aliphatic heterocycles. The topological polar surface area (TPSA) is 78.6 Å². The number of hydrogen-bond acceptors (Lipinski definition) is 4. The van der Waals surface area contributed by atoms with Gasteiger partial charge >= 0.3 is 0 Å². The number of nitrogens with two attached hydrogens (primary N) is 1. The van der Waals surface area contributed by atoms with E-state index in [4.69, 9.17) is 14.6 Å². The van der Waals surface area contributed by atoms with Crippen molar-refractivity contribution in [1.82, 2.24) is 0 Å². The third-order valence-corrected chi connectivity index (χ3v) is 4.70. The molecule has 0 atom stereocenters. The first-order chi connectivity index (χ1) is 9.86. The molecule has 0 radical (unpaired) electrons. The van der Waals surface area contributed by atoms with Gasteiger partial charge < -0.3 is 9.47 Å². The number of benzene rings is 1. The van der Waals surface area contributed by atoms with Crippen LogP contribution >= 0.6 is 0 Å². The lowest BCUT2D eigenvalue weighted by molar-refractivity contribution is 0.149. The summed E-state index contributed by atoms with van der Waals surface area (Å²) in [6.45, 7) is 6.64. The van der Waals surface area contributed by atoms with Gasteiger partial charge in [-0.15, -0.1) is 0 Å². The smallest absolute Gasteiger partial charge is 0.209 e. The van der Waals surface area contributed by atoms with Crippen molar-refractivity contribution in [3.8, 4) is 11.5 Å². The predicted octanol–water partition coefficient (Wildman–Crippen LogP) is 2.56. The number of primary sulfonamides is 1. The summed E-state index contributed by atoms with van der Waals surface area (Å²) < 4.78 is 34.2. The van der Waals surface area contributed by atoms with Crippen LogP contribution in [0, 0.1) is 5.41 Å². The average Bonchev–Trinajstić information content (AvgIpc) is 2.44. The summed E-state index contributed by atoms with van der Waals surface area (Å²) in [5.74, 6) is 1.21. The Hall–Kier alpha value is -1.27. The fourth-order valence-electron chi connectivity index (χ4n) is 2.20. The Morgan fingerprint density at radius 3 is 2.00 bits per heavy atom. The van der Waals surface area contributed by atoms with E-state index in [-0.39, 0.29) is 5.75 Å². The lowest BCUT2D eigenvalue weighted by Gasteiger charge is -2.30. The Balaban J connectivity index is 2.87. The number of para-hydroxylation sites is 2. The molecule has 0 fully saturated rings. The van der Waals surface area contributed by atoms with E-state index in [9.17, 15) is 8.42 Å². The van der Waals surface area contributed by atoms with Gasteiger partial charge in [-0.2, -0.15) is 0 Å². The largest absolute Gasteiger partial charge is 0.490 e. The van der Waals surface area contributed by atoms with Gasteiger partial charge in [0.05, 0.1) is 19.0 Å². The van der Waals surface area contributed by atoms with Crippen molar-refractivity contribution >= 4 is 10.0 Å². The second-order valence-corrected chi connectivity index (χ2v) is 6.80. The second-order valence-electron chi connectivity index (χ2n) is 5.18. The van der Waals surface area contributed by atoms with Crippen LogP contribution in [0.3, 0.4) is 0 Å². The lowest BCUT2D eigenvalue weighted by atomic mass is 9.85. The van der Waals surface area contributed by atoms with Crippen molar-refractivity contribution in [1.29, 1.82) is 0 Å². The van der Waals surface area contributed by atoms with Gasteiger partial charge in [0.15, 0.2) is 11.5 Å². The molecule has 0 aromatic heterocycles. The molecule has 2 N–H and O–H groups in total. The monoisotopic (exact) mass is 315 g/mol. The quantitative estimate of drug-likeness (QED) is 0.759. The summed E-state index contributed by atoms with van der Waals surface area (Å²) in [7, 11) is -3.54. The summed E-state index contributed by atoms with van der Waals surface area (Å²) in [5.41, 5.74) is -0.479. The summed E-state index contributed by atoms with van der Waals surface area (Å²) in [6, 6.07) is 7.38. The highest BCUT2D eigenvalue weighted by Crippen LogP contribution is 2.32. The van der Waals surface area contributed by atoms with E-state index in [1.165, 1.54) is 0 Å². The summed E-state index contributed by atoms with van der Waals surface area (Å²) in [6.07, 6.45) is 1.35. The van der Waals surface area contributed by atoms with Gasteiger partial charge in [-0.1, -0.05) is 26.0 Å². The molecule has 1 aromatic carbocycles. The minimum absolute atomic E-state index is 0.0796. The second kappa shape index (κ2) is 7.66. The van der Waals surface area contributed by atoms with Crippen LogP contribution < -0.4 is 14.6 Å². The third kappa shape index (κ3) is 5.55. The Labute approximate surface area is 127 Å². The first-order valence-electron chi connectivity index (χ1n) is 7.21. The van der Waals surface area contributed by atoms with Gasteiger partial charge in [0.25, 0.3) is 0 Å². The maximum absolute atomic E-state index is 11.4. The summed E-state index contributed by atoms with van der Waals surface area (Å²) >= 11 is 0. The molecule has 6 heteroatoms. The standard InChI is InChI=1S/C15H25NO4S/c1-4-15(5-2,12-21(16,17)18)11-20-14-10-8-7-9-13(14)19-6-3/h7-10H,4-6,11-12H2,1-3H3,(H2,16,17,18). The van der Waals surface area contributed by atoms with Crippen molar-refractivity contribution in [2.45, 2.75) is 33.6 Å². The zero-order valence-electron chi connectivity index (χ0n) is 13.0. The van der Waals surface area contributed by atoms with Gasteiger partial charge in [0.2, 0.25) is 10.0 Å². The molecule has 120 valence electrons. The number of sulfonamides is 1. The van der Waals surface area contributed by atoms with Gasteiger partial charge in [-0.05, 0) is 31.9 Å². The highest BCUT2D eigenvalue weighted by atomic mass is 32.2. The van der Waals surface area contributed by atoms with E-state index >= 15 is 0 Å². The average molecular weight is 315 g/mol. The fourth-order valence-corrected chi connectivity index (χ4v) is 3.55. The zero-order chi connectivity index (χ0) is 15.9. The van der Waals surface area contributed by atoms with E-state index in [0.29, 0.717) is 37.6 Å². The van der Waals surface area contributed by atoms with Crippen LogP contribution in [0.15, 0.2) is 24.3 Å². The zero-order valence-corrected chi connectivity index (χ0v) is 13.8. The molecule has 0 unspecified atom stereocenters. The van der Waals surface area contributed by atoms with Crippen molar-refractivity contribution in [3.05, 3.63) is 24.3 Å². The predicted molar refractivity (Wildman–Crippen MR) is 84.1 cm³/mol. The molecule has 0 bridgehead atoms. The van der Waals surface area contributed by atoms with E-state index in [0.717, 1.165) is 0 Å². The Morgan fingerprint density at radius 1 is 1.05 bits per heavy atom. The minimum Gasteiger partial charge on any atom is -0.490 e. The van der Waals surface area contributed by atoms with Gasteiger partial charge in [0, 0.05) is 5.41 Å². The Morgan fingerprint density at radius 2 is 1.57 bits per heavy atom. The summed E-state index contributed by atoms with van der Waals surface area (Å²) in [4.78, 5) is 0. The lowest BCUT2D eigenvalue weighted by Crippen LogP contribution is -2.37. The molecule has 1 rings (SSSR count). The van der Waals surface area contributed by atoms with Crippen LogP contribution in [0.1, 0.15) is 33.6 Å². The highest BCUT2D eigenvalue weighted by molar-refractivity contribution is 7.89. The minimum atomic E-state index is -3.54. The molecule has 0 aliphatic carbocycles. The van der Waals surface area contributed by atoms with E-state index in [2.05, 4.69) is 0 Å². The van der Waals surface area contributed by atoms with E-state index < -0.39 is 15.4 Å². The maximum Gasteiger partial charge on any atom is 0.209 e. The van der Waals surface area contributed by atoms with Crippen molar-refractivity contribution in [2.75, 3.05) is 19.0 Å². The molecule has 0 saturated carbocycles. The normalized spacial score (nSPS) is 12.2. The molecular formula is C15H25NO4S. The third-order valence-electron chi connectivity index (χ3n) is 3.69. The highest BCUT2D eigenvalue weighted by Gasteiger charge is 2.32. The van der Waals surface area contributed by atoms with Crippen molar-refractivity contribution in [3.63, 3.8) is 0 Å². The Bertz CT molecular complexity index is 538. The van der Waals surface area contributed by atoms with Gasteiger partial charge in [-0.25, -0.2) is 13.6 Å². The molecule has 0 amide bonds. The first-order valence-corrected chi connectivity index (χ1v) is 8.92. The van der Waals surface area contributed by atoms with Crippen LogP contribution in [0.2, 0.25) is 0 Å². The number of ether oxygens (including phenoxy) is 2. The molecule has 0 aliphatic rings. The van der Waals surface area contributed by atoms with Crippen LogP contribution in [0.5, 0.6) is 11.5 Å². The van der Waals surface area contributed by atoms with E-state index in [1.807, 2.05) is 45.0 Å². The fraction of sp³-hybridized carbons (Fsp3) is 0.600. The van der Waals surface area contributed by atoms with E-state index in [1.54, 1.807) is 0 Å². The van der Waals surface area contributed by atoms with Crippen LogP contribution in [0.4, 0.5) is 0 Å². The van der Waals surface area contributed by atoms with Gasteiger partial charge in [0.1, 0.15) is 0 Å². The molecule has 21 heavy (non-hydrogen) atoms. The molecular weight excluding hydrogens is 290 g/mol. The number of rotatable bonds is 9. The van der Waals surface area contributed by atoms with Crippen molar-refractivity contribution < 1.29 is 17.9 Å². The van der Waals surface area contributed by atoms with Crippen LogP contribution in [0.25, 0.3) is 0 Å². The SMILES string of the molecule is CCOc1ccccc1OCC(CC)(CC)CS(N)(=O)=O. The maximum atomic E-state index is 11.4. The molecule has 1 aromatic rings. The van der Waals surface area contributed by atoms with Crippen LogP contribution in [-0.2, 0) is 10.0 Å². The number of hydrogen-bond donors (Lipinski definition) is 1. The molecule has 0 heterocycles. The van der Waals surface area contributed by atoms with Crippen LogP contribution in [-0.4, -0.2) is 27.4 Å². The molecule has 0 saturated heterocycles. The first kappa shape index (κ1) is 17.8. The van der Waals surface area contributed by atoms with Gasteiger partial charge in [-0.3, -0.25) is 0 Å². The molecule has 5 nitrogen and oxygen atoms in total. The summed E-state index contributed by atoms with van der Waals surface area (Å²) in [5, 5.41) is 5.21. The van der Waals surface area contributed by atoms with Crippen molar-refractivity contribution in [2.24, 2.45) is 10.6 Å². The molecule has 0 spiro atoms.